The average molecular weight is 672 g/mol. The van der Waals surface area contributed by atoms with Crippen LogP contribution in [0.15, 0.2) is 9.98 Å². The lowest BCUT2D eigenvalue weighted by Crippen LogP contribution is -2.22. The second-order valence-corrected chi connectivity index (χ2v) is 16.7. The van der Waals surface area contributed by atoms with Crippen LogP contribution < -0.4 is 5.32 Å². The molecule has 0 aliphatic rings. The van der Waals surface area contributed by atoms with Gasteiger partial charge >= 0.3 is 0 Å². The Kier molecular flexibility index (Phi) is 34.4. The van der Waals surface area contributed by atoms with Gasteiger partial charge in [0.2, 0.25) is 6.40 Å². The first-order valence-corrected chi connectivity index (χ1v) is 21.1. The molecule has 16 heteroatoms. The van der Waals surface area contributed by atoms with Crippen molar-refractivity contribution in [2.24, 2.45) is 9.98 Å². The molecule has 8 nitrogen and oxygen atoms in total. The molecule has 0 fully saturated rings. The van der Waals surface area contributed by atoms with E-state index < -0.39 is 10.8 Å². The van der Waals surface area contributed by atoms with E-state index in [4.69, 9.17) is 14.9 Å². The molecule has 2 N–H and O–H groups in total. The molecule has 218 valence electrons. The van der Waals surface area contributed by atoms with Gasteiger partial charge < -0.3 is 15.3 Å². The van der Waals surface area contributed by atoms with Gasteiger partial charge in [-0.3, -0.25) is 19.0 Å². The number of nitrogens with one attached hydrogen (secondary N) is 1. The van der Waals surface area contributed by atoms with E-state index in [2.05, 4.69) is 22.2 Å². The second kappa shape index (κ2) is 33.3. The molecule has 0 radical (unpaired) electrons. The molecule has 0 aromatic rings. The molecule has 0 aromatic carbocycles. The summed E-state index contributed by atoms with van der Waals surface area (Å²) in [6.07, 6.45) is 1.32. The number of carbonyl (C=O) groups excluding carboxylic acids is 1. The van der Waals surface area contributed by atoms with E-state index in [1.807, 2.05) is 23.5 Å². The number of carbonyl (C=O) groups is 1. The molecule has 0 saturated heterocycles. The fourth-order valence-electron chi connectivity index (χ4n) is 1.95. The number of aliphatic hydroxyl groups excluding tert-OH is 1. The Morgan fingerprint density at radius 3 is 2.43 bits per heavy atom. The minimum atomic E-state index is -0.962. The summed E-state index contributed by atoms with van der Waals surface area (Å²) in [7, 11) is -0.962. The quantitative estimate of drug-likeness (QED) is 0.0305. The molecule has 0 aromatic heterocycles. The monoisotopic (exact) mass is 671 g/mol. The summed E-state index contributed by atoms with van der Waals surface area (Å²) in [6, 6.07) is 0. The van der Waals surface area contributed by atoms with E-state index >= 15 is 0 Å². The van der Waals surface area contributed by atoms with E-state index in [0.717, 1.165) is 62.7 Å². The van der Waals surface area contributed by atoms with Gasteiger partial charge in [0, 0.05) is 75.0 Å². The predicted octanol–water partition coefficient (Wildman–Crippen LogP) is 4.51. The summed E-state index contributed by atoms with van der Waals surface area (Å²) in [5, 5.41) is 13.5. The standard InChI is InChI=1S/C21H41N3O5S8/c1-2-30-8-4-23-18-37(27)16-15-35-20-34-13-14-36-21(26)24-5-10-33-19-32-9-3-22-17-29-28-7-12-31-11-6-25/h17-18,25H,2-16,19-20H2,1H3,(H,24,26). The highest BCUT2D eigenvalue weighted by atomic mass is 32.2. The number of nitrogens with zero attached hydrogens (tertiary/aromatic N) is 2. The van der Waals surface area contributed by atoms with Crippen molar-refractivity contribution in [3.63, 3.8) is 0 Å². The third-order valence-electron chi connectivity index (χ3n) is 3.60. The fourth-order valence-corrected chi connectivity index (χ4v) is 9.00. The highest BCUT2D eigenvalue weighted by molar-refractivity contribution is 8.17. The van der Waals surface area contributed by atoms with Gasteiger partial charge in [0.15, 0.2) is 0 Å². The first-order chi connectivity index (χ1) is 18.2. The molecule has 0 rings (SSSR count). The number of rotatable bonds is 28. The van der Waals surface area contributed by atoms with Gasteiger partial charge in [0.25, 0.3) is 5.24 Å². The Morgan fingerprint density at radius 1 is 0.892 bits per heavy atom. The largest absolute Gasteiger partial charge is 0.396 e. The maximum absolute atomic E-state index is 11.9. The van der Waals surface area contributed by atoms with Crippen LogP contribution in [0.3, 0.4) is 0 Å². The molecule has 0 aliphatic carbocycles. The van der Waals surface area contributed by atoms with Crippen molar-refractivity contribution in [1.82, 2.24) is 5.32 Å². The van der Waals surface area contributed by atoms with Crippen molar-refractivity contribution in [2.75, 3.05) is 101 Å². The molecule has 0 aliphatic heterocycles. The summed E-state index contributed by atoms with van der Waals surface area (Å²) in [4.78, 5) is 30.0. The Labute approximate surface area is 255 Å². The van der Waals surface area contributed by atoms with Crippen molar-refractivity contribution < 1.29 is 23.9 Å². The minimum absolute atomic E-state index is 0.0390. The lowest BCUT2D eigenvalue weighted by Gasteiger charge is -2.05. The van der Waals surface area contributed by atoms with Crippen LogP contribution in [0.25, 0.3) is 0 Å². The smallest absolute Gasteiger partial charge is 0.279 e. The zero-order valence-electron chi connectivity index (χ0n) is 21.4. The van der Waals surface area contributed by atoms with Gasteiger partial charge in [-0.15, -0.1) is 23.5 Å². The Hall–Kier alpha value is 1.13. The Balaban J connectivity index is 3.30. The normalized spacial score (nSPS) is 12.5. The Morgan fingerprint density at radius 2 is 1.62 bits per heavy atom. The number of aliphatic imine (C=N–C) groups is 2. The number of aliphatic hydroxyl groups is 1. The van der Waals surface area contributed by atoms with Crippen LogP contribution in [-0.2, 0) is 20.6 Å². The third-order valence-corrected chi connectivity index (χ3v) is 12.3. The molecule has 0 spiro atoms. The zero-order valence-corrected chi connectivity index (χ0v) is 27.9. The number of thioether (sulfide) groups is 7. The molecule has 1 atom stereocenters. The molecule has 37 heavy (non-hydrogen) atoms. The lowest BCUT2D eigenvalue weighted by molar-refractivity contribution is -0.210. The van der Waals surface area contributed by atoms with E-state index in [1.54, 1.807) is 52.6 Å². The van der Waals surface area contributed by atoms with Crippen LogP contribution in [-0.4, -0.2) is 127 Å². The third kappa shape index (κ3) is 33.2. The van der Waals surface area contributed by atoms with Gasteiger partial charge in [-0.25, -0.2) is 0 Å². The summed E-state index contributed by atoms with van der Waals surface area (Å²) in [5.41, 5.74) is 1.59. The van der Waals surface area contributed by atoms with Gasteiger partial charge in [-0.1, -0.05) is 18.7 Å². The van der Waals surface area contributed by atoms with E-state index in [9.17, 15) is 9.00 Å². The fraction of sp³-hybridized carbons (Fsp3) is 0.857. The van der Waals surface area contributed by atoms with Crippen LogP contribution >= 0.6 is 82.3 Å². The highest BCUT2D eigenvalue weighted by Crippen LogP contribution is 2.15. The summed E-state index contributed by atoms with van der Waals surface area (Å²) in [5.74, 6) is 8.60. The van der Waals surface area contributed by atoms with Gasteiger partial charge in [-0.05, 0) is 5.75 Å². The van der Waals surface area contributed by atoms with Crippen molar-refractivity contribution in [1.29, 1.82) is 0 Å². The lowest BCUT2D eigenvalue weighted by atomic mass is 10.8. The molecular weight excluding hydrogens is 631 g/mol. The van der Waals surface area contributed by atoms with E-state index in [0.29, 0.717) is 31.2 Å². The predicted molar refractivity (Wildman–Crippen MR) is 180 cm³/mol. The summed E-state index contributed by atoms with van der Waals surface area (Å²) in [6.45, 7) is 4.87. The van der Waals surface area contributed by atoms with Crippen LogP contribution in [0, 0.1) is 0 Å². The first-order valence-electron chi connectivity index (χ1n) is 11.8. The number of amides is 1. The zero-order chi connectivity index (χ0) is 27.1. The molecule has 1 unspecified atom stereocenters. The summed E-state index contributed by atoms with van der Waals surface area (Å²) < 4.78 is 11.8. The minimum Gasteiger partial charge on any atom is -0.396 e. The van der Waals surface area contributed by atoms with Crippen molar-refractivity contribution >= 4 is 110 Å². The molecule has 0 bridgehead atoms. The topological polar surface area (TPSA) is 110 Å². The van der Waals surface area contributed by atoms with Crippen molar-refractivity contribution in [3.8, 4) is 0 Å². The van der Waals surface area contributed by atoms with Gasteiger partial charge in [-0.2, -0.15) is 51.9 Å². The van der Waals surface area contributed by atoms with Crippen LogP contribution in [0.1, 0.15) is 6.92 Å². The Bertz CT molecular complexity index is 594. The maximum Gasteiger partial charge on any atom is 0.279 e. The van der Waals surface area contributed by atoms with Gasteiger partial charge in [0.05, 0.1) is 29.5 Å². The highest BCUT2D eigenvalue weighted by Gasteiger charge is 2.02. The first kappa shape index (κ1) is 38.1. The molecule has 0 heterocycles. The van der Waals surface area contributed by atoms with Crippen LogP contribution in [0.4, 0.5) is 4.79 Å². The molecule has 1 amide bonds. The molecule has 0 saturated carbocycles. The van der Waals surface area contributed by atoms with Crippen LogP contribution in [0.5, 0.6) is 0 Å². The SMILES string of the molecule is CCSCCN=CS(=O)CCSCSCCSC(=O)NCCSCSCCN=COOCCSCCO. The second-order valence-electron chi connectivity index (χ2n) is 6.49. The summed E-state index contributed by atoms with van der Waals surface area (Å²) >= 11 is 12.0. The number of hydrogen-bond donors (Lipinski definition) is 2. The van der Waals surface area contributed by atoms with Crippen LogP contribution in [0.2, 0.25) is 0 Å². The number of hydrogen-bond acceptors (Lipinski definition) is 14. The van der Waals surface area contributed by atoms with E-state index in [-0.39, 0.29) is 11.8 Å². The van der Waals surface area contributed by atoms with E-state index in [1.165, 1.54) is 18.2 Å². The average Bonchev–Trinajstić information content (AvgIpc) is 2.89. The maximum atomic E-state index is 11.9. The molecular formula is C21H41N3O5S8. The van der Waals surface area contributed by atoms with Crippen molar-refractivity contribution in [2.45, 2.75) is 6.92 Å². The van der Waals surface area contributed by atoms with Gasteiger partial charge in [0.1, 0.15) is 6.61 Å². The van der Waals surface area contributed by atoms with Crippen molar-refractivity contribution in [3.05, 3.63) is 0 Å².